The lowest BCUT2D eigenvalue weighted by Crippen LogP contribution is -2.57. The molecule has 16 bridgehead atoms. The van der Waals surface area contributed by atoms with Crippen molar-refractivity contribution in [2.45, 2.75) is 344 Å². The summed E-state index contributed by atoms with van der Waals surface area (Å²) in [7, 11) is 3.27. The predicted octanol–water partition coefficient (Wildman–Crippen LogP) is 13.3. The zero-order valence-electron chi connectivity index (χ0n) is 86.4. The lowest BCUT2D eigenvalue weighted by Gasteiger charge is -2.49. The van der Waals surface area contributed by atoms with Gasteiger partial charge in [-0.05, 0) is 128 Å². The highest BCUT2D eigenvalue weighted by Crippen LogP contribution is 2.67. The van der Waals surface area contributed by atoms with Gasteiger partial charge in [0.2, 0.25) is 0 Å². The molecule has 0 amide bonds. The number of esters is 3. The van der Waals surface area contributed by atoms with E-state index >= 15 is 0 Å². The van der Waals surface area contributed by atoms with Gasteiger partial charge in [-0.25, -0.2) is 14.4 Å². The number of ether oxygens (including phenoxy) is 13. The van der Waals surface area contributed by atoms with Crippen molar-refractivity contribution in [1.29, 1.82) is 0 Å². The monoisotopic (exact) mass is 1990 g/mol. The summed E-state index contributed by atoms with van der Waals surface area (Å²) in [6, 6.07) is 0. The van der Waals surface area contributed by atoms with Crippen LogP contribution in [0.15, 0.2) is 216 Å². The molecule has 4 spiro atoms. The molecular formula is C116H160O27. The molecule has 8 fully saturated rings. The maximum Gasteiger partial charge on any atom is 0.334 e. The van der Waals surface area contributed by atoms with Crippen molar-refractivity contribution >= 4 is 17.9 Å². The second-order valence-corrected chi connectivity index (χ2v) is 44.5. The molecule has 143 heavy (non-hydrogen) atoms. The Kier molecular flexibility index (Phi) is 32.8. The van der Waals surface area contributed by atoms with E-state index in [1.807, 2.05) is 126 Å². The topological polar surface area (TPSA) is 394 Å². The van der Waals surface area contributed by atoms with Gasteiger partial charge in [-0.3, -0.25) is 0 Å². The molecule has 11 N–H and O–H groups in total. The zero-order valence-corrected chi connectivity index (χ0v) is 86.4. The molecule has 4 saturated carbocycles. The number of rotatable bonds is 17. The molecule has 4 saturated heterocycles. The van der Waals surface area contributed by atoms with Crippen LogP contribution in [0.1, 0.15) is 181 Å². The van der Waals surface area contributed by atoms with Crippen molar-refractivity contribution in [3.63, 3.8) is 0 Å². The van der Waals surface area contributed by atoms with Gasteiger partial charge in [-0.2, -0.15) is 0 Å². The summed E-state index contributed by atoms with van der Waals surface area (Å²) in [5.74, 6) is -3.09. The summed E-state index contributed by atoms with van der Waals surface area (Å²) in [6.07, 6.45) is 34.6. The summed E-state index contributed by atoms with van der Waals surface area (Å²) < 4.78 is 82.2. The zero-order chi connectivity index (χ0) is 103. The summed E-state index contributed by atoms with van der Waals surface area (Å²) in [4.78, 5) is 39.1. The van der Waals surface area contributed by atoms with Crippen LogP contribution in [-0.4, -0.2) is 258 Å². The van der Waals surface area contributed by atoms with Crippen LogP contribution in [0.5, 0.6) is 0 Å². The summed E-state index contributed by atoms with van der Waals surface area (Å²) in [6.45, 7) is 45.8. The van der Waals surface area contributed by atoms with Gasteiger partial charge in [0.15, 0.2) is 0 Å². The predicted molar refractivity (Wildman–Crippen MR) is 536 cm³/mol. The highest BCUT2D eigenvalue weighted by molar-refractivity contribution is 5.91. The van der Waals surface area contributed by atoms with Crippen molar-refractivity contribution in [2.75, 3.05) is 20.8 Å². The van der Waals surface area contributed by atoms with Gasteiger partial charge in [0.1, 0.15) is 131 Å². The molecule has 19 aliphatic rings. The first-order valence-corrected chi connectivity index (χ1v) is 52.9. The van der Waals surface area contributed by atoms with Crippen molar-refractivity contribution in [3.8, 4) is 0 Å². The Morgan fingerprint density at radius 2 is 0.734 bits per heavy atom. The first kappa shape index (κ1) is 108. The summed E-state index contributed by atoms with van der Waals surface area (Å²) in [5.41, 5.74) is 2.47. The van der Waals surface area contributed by atoms with Gasteiger partial charge < -0.3 is 118 Å². The number of methoxy groups -OCH3 is 2. The van der Waals surface area contributed by atoms with Gasteiger partial charge in [-0.1, -0.05) is 223 Å². The van der Waals surface area contributed by atoms with E-state index in [9.17, 15) is 70.6 Å². The minimum absolute atomic E-state index is 0.0305. The molecule has 0 aromatic carbocycles. The van der Waals surface area contributed by atoms with E-state index in [0.717, 1.165) is 22.3 Å². The third-order valence-electron chi connectivity index (χ3n) is 36.6. The van der Waals surface area contributed by atoms with Crippen LogP contribution in [0.3, 0.4) is 0 Å². The highest BCUT2D eigenvalue weighted by Gasteiger charge is 2.74. The number of carbonyl (C=O) groups excluding carboxylic acids is 3. The standard InChI is InChI=1S/C32H44O7.2C30H40O7.C24H36O6/c1-7-22-27(34)26-23-14-13-21-16-25(36-6)19(5)37-28(24(33)8-2)17(3)15-18(4)32(21,26)39-30(23)29(22)38-31(35)20-11-9-10-12-20;1-6-22(31)26-15(2)13-16(3)30-20(14-23(32)18(5)35-26)11-12-21-24(30)25(33)17(4)27(28(21)37-30)36-29(34)19-9-7-8-10-19;1-5-21-26(33)25-22-11-10-20-15-23(32)18(4)35-24(12-13-31)16(2)14-17(3)30(20,25)37-28(22)27(21)36-29(34)19-8-6-7-9-19;1-11-9-12(2)24-16(10-18(28-6)15(5)29-22(11)14(4)25)7-8-17-19(24)20(26)13(3)21(27)23(17)30-24/h9-11,13-15,17,21-30,33-34H,5,7-8,12,16H2,1-4,6H3;7-9,11-13,15,17,20-28,31-33H,5-6,10,14H2,1-4H3;6-8,10-11,14,16,20-28,31-33H,4-5,9,12-13,15H2,1-3H3;7-9,11,13-14,16-23,25-27H,5,10H2,1-4,6H3/b18-15+;16-13+;17-14+;12-9+/t17-,21-,22-,23?,24?,25-,26?,27-,28?,29-,30-,32+;15-,17-,20-,21?,22?,23-,24?,25-,26?,27-,28-,30+;16-,20-,21-,22?,23-,24?,25?,26-,27-,28-,30+;11-,13-,14?,16-,17?,18-,19?,20-,21-,22?,23-,24+/m1111/s1. The Bertz CT molecular complexity index is 5170. The Morgan fingerprint density at radius 1 is 0.413 bits per heavy atom. The first-order chi connectivity index (χ1) is 68.1. The van der Waals surface area contributed by atoms with Crippen molar-refractivity contribution in [1.82, 2.24) is 0 Å². The number of aliphatic hydroxyl groups is 11. The fraction of sp³-hybridized carbons (Fsp3) is 0.664. The van der Waals surface area contributed by atoms with E-state index in [0.29, 0.717) is 105 Å². The number of allylic oxidation sites excluding steroid dienone is 9. The normalized spacial score (nSPS) is 47.5. The molecule has 27 heteroatoms. The second kappa shape index (κ2) is 43.4. The number of carbonyl (C=O) groups is 3. The minimum atomic E-state index is -0.971. The van der Waals surface area contributed by atoms with E-state index in [1.54, 1.807) is 39.4 Å². The van der Waals surface area contributed by atoms with Gasteiger partial charge in [0.25, 0.3) is 0 Å². The van der Waals surface area contributed by atoms with Gasteiger partial charge in [-0.15, -0.1) is 0 Å². The molecule has 0 aromatic rings. The van der Waals surface area contributed by atoms with Crippen LogP contribution >= 0.6 is 0 Å². The van der Waals surface area contributed by atoms with Crippen molar-refractivity contribution in [2.24, 2.45) is 118 Å². The summed E-state index contributed by atoms with van der Waals surface area (Å²) >= 11 is 0. The highest BCUT2D eigenvalue weighted by atomic mass is 16.6. The maximum atomic E-state index is 13.1. The molecule has 0 aromatic heterocycles. The molecule has 8 aliphatic heterocycles. The fourth-order valence-electron chi connectivity index (χ4n) is 29.1. The fourth-order valence-corrected chi connectivity index (χ4v) is 29.1. The molecule has 11 aliphatic carbocycles. The smallest absolute Gasteiger partial charge is 0.334 e. The molecular weight excluding hydrogens is 1830 g/mol. The molecule has 0 radical (unpaired) electrons. The van der Waals surface area contributed by atoms with Gasteiger partial charge in [0, 0.05) is 162 Å². The second-order valence-electron chi connectivity index (χ2n) is 44.5. The van der Waals surface area contributed by atoms with E-state index in [4.69, 9.17) is 61.6 Å². The minimum Gasteiger partial charge on any atom is -0.492 e. The van der Waals surface area contributed by atoms with E-state index in [2.05, 4.69) is 106 Å². The van der Waals surface area contributed by atoms with Crippen LogP contribution in [0.25, 0.3) is 0 Å². The molecule has 19 rings (SSSR count). The lowest BCUT2D eigenvalue weighted by molar-refractivity contribution is -0.167. The molecule has 15 unspecified atom stereocenters. The number of aliphatic hydroxyl groups excluding tert-OH is 11. The van der Waals surface area contributed by atoms with E-state index < -0.39 is 138 Å². The van der Waals surface area contributed by atoms with Crippen LogP contribution in [0, 0.1) is 118 Å². The number of hydrogen-bond donors (Lipinski definition) is 11. The average Bonchev–Trinajstić information content (AvgIpc) is 1.55. The molecule has 786 valence electrons. The van der Waals surface area contributed by atoms with Crippen molar-refractivity contribution < 1.29 is 132 Å². The van der Waals surface area contributed by atoms with Gasteiger partial charge >= 0.3 is 17.9 Å². The third-order valence-corrected chi connectivity index (χ3v) is 36.6. The summed E-state index contributed by atoms with van der Waals surface area (Å²) in [5, 5.41) is 121. The first-order valence-electron chi connectivity index (χ1n) is 52.9. The Labute approximate surface area is 844 Å². The van der Waals surface area contributed by atoms with Crippen LogP contribution in [0.4, 0.5) is 0 Å². The molecule has 8 heterocycles. The number of hydrogen-bond acceptors (Lipinski definition) is 27. The SMILES string of the molecule is C=C1OC(C(C)O)[C@H](C)/C=C(\C)[C@]23O[C@@H]4C(C=C[C@@H]2C[C@H]1OC)C3[C@H](O)[C@@H](C)[C@H]4O.C=C1OC(C(O)CC)[C@H](C)/C=C(\C)[C@]23O[C@@H]4C(C=C[C@@H]2C[C@H]1O)C3[C@H](O)[C@@H](C)[C@H]4OC(=O)C1=CC=CC1.C=C1OC(C(O)CC)[C@H](C)/C=C(\C)[C@]23O[C@@H]4C(C=C[C@@H]2C[C@H]1OC)C3[C@H](O)[C@@H](CC)[C@H]4OC(=O)C1=CC=CC1.C=C1OC(CCO)[C@H](C)/C=C(\C)[C@]23O[C@@H]4C(C=C[C@@H]2C[C@H]1O)C3[C@H](O)[C@@H](CC)[C@H]4OC(=O)C1=CC=CC1. The average molecular weight is 1990 g/mol. The maximum absolute atomic E-state index is 13.1. The van der Waals surface area contributed by atoms with E-state index in [-0.39, 0.29) is 179 Å². The Balaban J connectivity index is 0.000000137. The van der Waals surface area contributed by atoms with Gasteiger partial charge in [0.05, 0.1) is 54.9 Å². The molecule has 47 atom stereocenters. The van der Waals surface area contributed by atoms with Crippen LogP contribution in [-0.2, 0) is 76.0 Å². The van der Waals surface area contributed by atoms with Crippen molar-refractivity contribution in [3.05, 3.63) is 216 Å². The van der Waals surface area contributed by atoms with E-state index in [1.165, 1.54) is 0 Å². The largest absolute Gasteiger partial charge is 0.492 e. The lowest BCUT2D eigenvalue weighted by atomic mass is 9.57. The molecule has 27 nitrogen and oxygen atoms in total. The van der Waals surface area contributed by atoms with Crippen LogP contribution < -0.4 is 0 Å². The quantitative estimate of drug-likeness (QED) is 0.0366. The Hall–Kier alpha value is -7.75. The van der Waals surface area contributed by atoms with Crippen LogP contribution in [0.2, 0.25) is 0 Å². The third kappa shape index (κ3) is 18.9. The Morgan fingerprint density at radius 3 is 1.09 bits per heavy atom.